The SMILES string of the molecule is O=C(Nc1ccc(-c2nc3cc(C(=O)NC4CCCC4)ccc3[nH]2)cc1)c1ccc(F)cc1. The molecule has 2 amide bonds. The second kappa shape index (κ2) is 8.86. The van der Waals surface area contributed by atoms with E-state index in [2.05, 4.69) is 20.6 Å². The first-order chi connectivity index (χ1) is 16.0. The molecule has 7 heteroatoms. The molecule has 33 heavy (non-hydrogen) atoms. The minimum atomic E-state index is -0.386. The lowest BCUT2D eigenvalue weighted by molar-refractivity contribution is 0.0937. The number of H-pyrrole nitrogens is 1. The molecule has 0 saturated heterocycles. The highest BCUT2D eigenvalue weighted by atomic mass is 19.1. The Hall–Kier alpha value is -4.00. The van der Waals surface area contributed by atoms with E-state index in [0.29, 0.717) is 22.6 Å². The molecule has 1 aromatic heterocycles. The Kier molecular flexibility index (Phi) is 5.60. The maximum atomic E-state index is 13.0. The van der Waals surface area contributed by atoms with Gasteiger partial charge in [0, 0.05) is 28.4 Å². The molecule has 0 atom stereocenters. The lowest BCUT2D eigenvalue weighted by atomic mass is 10.1. The fraction of sp³-hybridized carbons (Fsp3) is 0.192. The van der Waals surface area contributed by atoms with E-state index in [-0.39, 0.29) is 23.7 Å². The highest BCUT2D eigenvalue weighted by molar-refractivity contribution is 6.04. The number of rotatable bonds is 5. The van der Waals surface area contributed by atoms with Crippen LogP contribution in [0.15, 0.2) is 66.7 Å². The van der Waals surface area contributed by atoms with Gasteiger partial charge in [0.1, 0.15) is 11.6 Å². The van der Waals surface area contributed by atoms with Gasteiger partial charge in [-0.25, -0.2) is 9.37 Å². The average Bonchev–Trinajstić information content (AvgIpc) is 3.49. The summed E-state index contributed by atoms with van der Waals surface area (Å²) in [6, 6.07) is 18.4. The Morgan fingerprint density at radius 1 is 0.879 bits per heavy atom. The average molecular weight is 442 g/mol. The molecule has 3 aromatic carbocycles. The molecule has 0 unspecified atom stereocenters. The summed E-state index contributed by atoms with van der Waals surface area (Å²) in [6.07, 6.45) is 4.42. The van der Waals surface area contributed by atoms with Gasteiger partial charge < -0.3 is 15.6 Å². The Morgan fingerprint density at radius 2 is 1.58 bits per heavy atom. The standard InChI is InChI=1S/C26H23FN4O2/c27-19-10-5-17(6-11-19)25(32)29-21-12-7-16(8-13-21)24-30-22-14-9-18(15-23(22)31-24)26(33)28-20-3-1-2-4-20/h5-15,20H,1-4H2,(H,28,33)(H,29,32)(H,30,31). The molecule has 6 nitrogen and oxygen atoms in total. The summed E-state index contributed by atoms with van der Waals surface area (Å²) in [4.78, 5) is 32.8. The lowest BCUT2D eigenvalue weighted by Crippen LogP contribution is -2.32. The summed E-state index contributed by atoms with van der Waals surface area (Å²) in [7, 11) is 0. The third-order valence-electron chi connectivity index (χ3n) is 5.96. The molecule has 1 saturated carbocycles. The van der Waals surface area contributed by atoms with Crippen molar-refractivity contribution in [2.45, 2.75) is 31.7 Å². The Morgan fingerprint density at radius 3 is 2.30 bits per heavy atom. The van der Waals surface area contributed by atoms with Crippen LogP contribution < -0.4 is 10.6 Å². The molecular formula is C26H23FN4O2. The molecule has 3 N–H and O–H groups in total. The van der Waals surface area contributed by atoms with Gasteiger partial charge in [-0.2, -0.15) is 0 Å². The number of hydrogen-bond donors (Lipinski definition) is 3. The van der Waals surface area contributed by atoms with Crippen molar-refractivity contribution >= 4 is 28.5 Å². The van der Waals surface area contributed by atoms with Crippen molar-refractivity contribution in [3.63, 3.8) is 0 Å². The van der Waals surface area contributed by atoms with Gasteiger partial charge in [0.25, 0.3) is 11.8 Å². The van der Waals surface area contributed by atoms with E-state index < -0.39 is 0 Å². The molecule has 5 rings (SSSR count). The first-order valence-corrected chi connectivity index (χ1v) is 11.0. The Balaban J connectivity index is 1.29. The summed E-state index contributed by atoms with van der Waals surface area (Å²) in [6.45, 7) is 0. The van der Waals surface area contributed by atoms with Gasteiger partial charge >= 0.3 is 0 Å². The summed E-state index contributed by atoms with van der Waals surface area (Å²) < 4.78 is 13.0. The molecule has 1 fully saturated rings. The molecule has 0 radical (unpaired) electrons. The maximum Gasteiger partial charge on any atom is 0.255 e. The number of nitrogens with one attached hydrogen (secondary N) is 3. The summed E-state index contributed by atoms with van der Waals surface area (Å²) in [5.74, 6) is -0.0810. The topological polar surface area (TPSA) is 86.9 Å². The molecule has 166 valence electrons. The van der Waals surface area contributed by atoms with Crippen LogP contribution in [-0.4, -0.2) is 27.8 Å². The third kappa shape index (κ3) is 4.62. The van der Waals surface area contributed by atoms with E-state index in [9.17, 15) is 14.0 Å². The first-order valence-electron chi connectivity index (χ1n) is 11.0. The largest absolute Gasteiger partial charge is 0.349 e. The van der Waals surface area contributed by atoms with E-state index in [1.54, 1.807) is 18.2 Å². The monoisotopic (exact) mass is 442 g/mol. The number of carbonyl (C=O) groups is 2. The fourth-order valence-electron chi connectivity index (χ4n) is 4.14. The van der Waals surface area contributed by atoms with E-state index in [1.807, 2.05) is 24.3 Å². The number of anilines is 1. The summed E-state index contributed by atoms with van der Waals surface area (Å²) >= 11 is 0. The molecule has 4 aromatic rings. The summed E-state index contributed by atoms with van der Waals surface area (Å²) in [5.41, 5.74) is 4.02. The summed E-state index contributed by atoms with van der Waals surface area (Å²) in [5, 5.41) is 5.90. The minimum Gasteiger partial charge on any atom is -0.349 e. The van der Waals surface area contributed by atoms with E-state index in [1.165, 1.54) is 37.1 Å². The van der Waals surface area contributed by atoms with Gasteiger partial charge in [0.2, 0.25) is 0 Å². The van der Waals surface area contributed by atoms with Crippen LogP contribution in [0.4, 0.5) is 10.1 Å². The van der Waals surface area contributed by atoms with Crippen LogP contribution in [0.2, 0.25) is 0 Å². The highest BCUT2D eigenvalue weighted by Gasteiger charge is 2.18. The number of nitrogens with zero attached hydrogens (tertiary/aromatic N) is 1. The molecule has 1 heterocycles. The van der Waals surface area contributed by atoms with Gasteiger partial charge in [-0.05, 0) is 79.6 Å². The zero-order chi connectivity index (χ0) is 22.8. The zero-order valence-corrected chi connectivity index (χ0v) is 17.9. The molecule has 0 aliphatic heterocycles. The van der Waals surface area contributed by atoms with Gasteiger partial charge in [-0.15, -0.1) is 0 Å². The van der Waals surface area contributed by atoms with E-state index >= 15 is 0 Å². The van der Waals surface area contributed by atoms with E-state index in [0.717, 1.165) is 29.4 Å². The van der Waals surface area contributed by atoms with Crippen LogP contribution in [0.3, 0.4) is 0 Å². The first kappa shape index (κ1) is 20.9. The van der Waals surface area contributed by atoms with Gasteiger partial charge in [-0.1, -0.05) is 12.8 Å². The number of benzene rings is 3. The van der Waals surface area contributed by atoms with Gasteiger partial charge in [0.05, 0.1) is 11.0 Å². The van der Waals surface area contributed by atoms with Crippen molar-refractivity contribution in [1.29, 1.82) is 0 Å². The highest BCUT2D eigenvalue weighted by Crippen LogP contribution is 2.24. The second-order valence-electron chi connectivity index (χ2n) is 8.31. The van der Waals surface area contributed by atoms with Crippen LogP contribution in [0.5, 0.6) is 0 Å². The number of imidazole rings is 1. The fourth-order valence-corrected chi connectivity index (χ4v) is 4.14. The third-order valence-corrected chi connectivity index (χ3v) is 5.96. The van der Waals surface area contributed by atoms with Crippen LogP contribution in [0, 0.1) is 5.82 Å². The predicted octanol–water partition coefficient (Wildman–Crippen LogP) is 5.29. The molecule has 0 bridgehead atoms. The zero-order valence-electron chi connectivity index (χ0n) is 17.9. The normalized spacial score (nSPS) is 13.8. The smallest absolute Gasteiger partial charge is 0.255 e. The Labute approximate surface area is 190 Å². The number of carbonyl (C=O) groups excluding carboxylic acids is 2. The second-order valence-corrected chi connectivity index (χ2v) is 8.31. The minimum absolute atomic E-state index is 0.0606. The number of aromatic nitrogens is 2. The van der Waals surface area contributed by atoms with Crippen molar-refractivity contribution in [3.05, 3.63) is 83.7 Å². The lowest BCUT2D eigenvalue weighted by Gasteiger charge is -2.11. The van der Waals surface area contributed by atoms with Crippen molar-refractivity contribution < 1.29 is 14.0 Å². The number of aromatic amines is 1. The van der Waals surface area contributed by atoms with Crippen molar-refractivity contribution in [3.8, 4) is 11.4 Å². The van der Waals surface area contributed by atoms with Crippen LogP contribution in [0.25, 0.3) is 22.4 Å². The maximum absolute atomic E-state index is 13.0. The number of halogens is 1. The number of hydrogen-bond acceptors (Lipinski definition) is 3. The quantitative estimate of drug-likeness (QED) is 0.392. The Bertz CT molecular complexity index is 1310. The van der Waals surface area contributed by atoms with Gasteiger partial charge in [0.15, 0.2) is 0 Å². The number of amides is 2. The van der Waals surface area contributed by atoms with Crippen molar-refractivity contribution in [2.24, 2.45) is 0 Å². The van der Waals surface area contributed by atoms with Crippen LogP contribution in [-0.2, 0) is 0 Å². The van der Waals surface area contributed by atoms with Crippen molar-refractivity contribution in [2.75, 3.05) is 5.32 Å². The predicted molar refractivity (Wildman–Crippen MR) is 126 cm³/mol. The molecule has 1 aliphatic rings. The molecular weight excluding hydrogens is 419 g/mol. The number of fused-ring (bicyclic) bond motifs is 1. The van der Waals surface area contributed by atoms with Crippen molar-refractivity contribution in [1.82, 2.24) is 15.3 Å². The van der Waals surface area contributed by atoms with Crippen LogP contribution >= 0.6 is 0 Å². The van der Waals surface area contributed by atoms with Gasteiger partial charge in [-0.3, -0.25) is 9.59 Å². The molecule has 0 spiro atoms. The van der Waals surface area contributed by atoms with E-state index in [4.69, 9.17) is 0 Å². The van der Waals surface area contributed by atoms with Crippen LogP contribution in [0.1, 0.15) is 46.4 Å². The molecule has 1 aliphatic carbocycles.